The fourth-order valence-corrected chi connectivity index (χ4v) is 5.06. The first-order chi connectivity index (χ1) is 18.1. The number of rotatable bonds is 9. The fourth-order valence-electron chi connectivity index (χ4n) is 5.06. The molecule has 12 heteroatoms. The molecule has 4 aromatic heterocycles. The number of pyridine rings is 1. The third kappa shape index (κ3) is 5.24. The summed E-state index contributed by atoms with van der Waals surface area (Å²) in [6.07, 6.45) is 8.67. The third-order valence-electron chi connectivity index (χ3n) is 6.89. The molecule has 3 N–H and O–H groups in total. The molecule has 0 atom stereocenters. The molecule has 37 heavy (non-hydrogen) atoms. The molecule has 5 rings (SSSR count). The quantitative estimate of drug-likeness (QED) is 0.348. The molecule has 0 bridgehead atoms. The minimum Gasteiger partial charge on any atom is -0.481 e. The van der Waals surface area contributed by atoms with Gasteiger partial charge in [0.2, 0.25) is 11.8 Å². The molecule has 0 aliphatic heterocycles. The molecular formula is C25H31N9O3. The normalized spacial score (nSPS) is 17.7. The van der Waals surface area contributed by atoms with Gasteiger partial charge in [0.1, 0.15) is 24.0 Å². The number of hydrogen-bond acceptors (Lipinski definition) is 9. The van der Waals surface area contributed by atoms with Gasteiger partial charge in [0.15, 0.2) is 5.82 Å². The third-order valence-corrected chi connectivity index (χ3v) is 6.89. The first-order valence-corrected chi connectivity index (χ1v) is 12.3. The molecule has 1 aliphatic carbocycles. The Morgan fingerprint density at radius 1 is 1.19 bits per heavy atom. The molecule has 0 spiro atoms. The van der Waals surface area contributed by atoms with Crippen molar-refractivity contribution in [1.82, 2.24) is 39.7 Å². The van der Waals surface area contributed by atoms with Crippen molar-refractivity contribution in [2.24, 2.45) is 0 Å². The maximum Gasteiger partial charge on any atom is 0.224 e. The smallest absolute Gasteiger partial charge is 0.224 e. The van der Waals surface area contributed by atoms with Gasteiger partial charge in [-0.3, -0.25) is 4.79 Å². The van der Waals surface area contributed by atoms with E-state index in [2.05, 4.69) is 35.1 Å². The summed E-state index contributed by atoms with van der Waals surface area (Å²) >= 11 is 0. The lowest BCUT2D eigenvalue weighted by molar-refractivity contribution is -0.121. The largest absolute Gasteiger partial charge is 0.481 e. The zero-order valence-electron chi connectivity index (χ0n) is 21.0. The van der Waals surface area contributed by atoms with Gasteiger partial charge >= 0.3 is 0 Å². The maximum atomic E-state index is 13.1. The van der Waals surface area contributed by atoms with E-state index in [-0.39, 0.29) is 18.4 Å². The summed E-state index contributed by atoms with van der Waals surface area (Å²) < 4.78 is 14.2. The Balaban J connectivity index is 1.27. The predicted octanol–water partition coefficient (Wildman–Crippen LogP) is 2.01. The SMILES string of the molecule is COCCn1cnnc1C1CCC(NC(=O)Cc2cc(-c3ccnc(OC)c3)n3ncnc(N)c23)CC1. The van der Waals surface area contributed by atoms with Crippen LogP contribution in [0.2, 0.25) is 0 Å². The summed E-state index contributed by atoms with van der Waals surface area (Å²) in [4.78, 5) is 21.4. The van der Waals surface area contributed by atoms with Gasteiger partial charge in [0.25, 0.3) is 0 Å². The van der Waals surface area contributed by atoms with Crippen molar-refractivity contribution in [2.75, 3.05) is 26.6 Å². The number of amides is 1. The van der Waals surface area contributed by atoms with Gasteiger partial charge in [-0.1, -0.05) is 0 Å². The molecule has 1 amide bonds. The van der Waals surface area contributed by atoms with Crippen LogP contribution in [0.5, 0.6) is 5.88 Å². The average Bonchev–Trinajstić information content (AvgIpc) is 3.53. The van der Waals surface area contributed by atoms with E-state index < -0.39 is 0 Å². The fraction of sp³-hybridized carbons (Fsp3) is 0.440. The van der Waals surface area contributed by atoms with Gasteiger partial charge in [-0.25, -0.2) is 14.5 Å². The number of aromatic nitrogens is 7. The number of carbonyl (C=O) groups excluding carboxylic acids is 1. The Labute approximate surface area is 214 Å². The standard InChI is InChI=1S/C25H31N9O3/c1-36-10-9-33-15-29-32-25(33)16-3-5-19(6-4-16)31-21(35)12-18-11-20(17-7-8-27-22(13-17)37-2)34-23(18)24(26)28-14-30-34/h7-8,11,13-16,19H,3-6,9-10,12H2,1-2H3,(H,31,35)(H2,26,28,30). The summed E-state index contributed by atoms with van der Waals surface area (Å²) in [5.74, 6) is 2.09. The lowest BCUT2D eigenvalue weighted by Gasteiger charge is -2.28. The van der Waals surface area contributed by atoms with Crippen LogP contribution in [0, 0.1) is 0 Å². The highest BCUT2D eigenvalue weighted by molar-refractivity contribution is 5.86. The number of ether oxygens (including phenoxy) is 2. The summed E-state index contributed by atoms with van der Waals surface area (Å²) in [6.45, 7) is 1.36. The zero-order chi connectivity index (χ0) is 25.8. The molecule has 194 valence electrons. The second-order valence-electron chi connectivity index (χ2n) is 9.22. The monoisotopic (exact) mass is 505 g/mol. The molecule has 0 saturated heterocycles. The van der Waals surface area contributed by atoms with Gasteiger partial charge in [-0.05, 0) is 43.4 Å². The summed E-state index contributed by atoms with van der Waals surface area (Å²) in [5, 5.41) is 16.0. The number of nitrogen functional groups attached to an aromatic ring is 1. The number of hydrogen-bond donors (Lipinski definition) is 2. The zero-order valence-corrected chi connectivity index (χ0v) is 21.0. The minimum absolute atomic E-state index is 0.0543. The topological polar surface area (TPSA) is 147 Å². The Morgan fingerprint density at radius 2 is 2.03 bits per heavy atom. The number of fused-ring (bicyclic) bond motifs is 1. The van der Waals surface area contributed by atoms with Crippen molar-refractivity contribution < 1.29 is 14.3 Å². The van der Waals surface area contributed by atoms with E-state index in [0.29, 0.717) is 29.7 Å². The lowest BCUT2D eigenvalue weighted by Crippen LogP contribution is -2.38. The predicted molar refractivity (Wildman–Crippen MR) is 136 cm³/mol. The summed E-state index contributed by atoms with van der Waals surface area (Å²) in [6, 6.07) is 5.73. The van der Waals surface area contributed by atoms with Gasteiger partial charge in [-0.15, -0.1) is 10.2 Å². The molecule has 4 heterocycles. The van der Waals surface area contributed by atoms with Crippen LogP contribution >= 0.6 is 0 Å². The van der Waals surface area contributed by atoms with E-state index in [1.54, 1.807) is 31.3 Å². The van der Waals surface area contributed by atoms with Gasteiger partial charge in [0.05, 0.1) is 25.8 Å². The number of nitrogens with two attached hydrogens (primary N) is 1. The minimum atomic E-state index is -0.0543. The van der Waals surface area contributed by atoms with Crippen LogP contribution in [0.15, 0.2) is 37.1 Å². The molecular weight excluding hydrogens is 474 g/mol. The van der Waals surface area contributed by atoms with Crippen molar-refractivity contribution in [3.05, 3.63) is 48.4 Å². The molecule has 0 unspecified atom stereocenters. The van der Waals surface area contributed by atoms with Crippen LogP contribution < -0.4 is 15.8 Å². The summed E-state index contributed by atoms with van der Waals surface area (Å²) in [5.41, 5.74) is 9.23. The first kappa shape index (κ1) is 24.6. The van der Waals surface area contributed by atoms with Crippen molar-refractivity contribution in [3.8, 4) is 17.1 Å². The molecule has 1 saturated carbocycles. The molecule has 1 fully saturated rings. The van der Waals surface area contributed by atoms with Crippen molar-refractivity contribution in [1.29, 1.82) is 0 Å². The Bertz CT molecular complexity index is 1380. The first-order valence-electron chi connectivity index (χ1n) is 12.3. The number of methoxy groups -OCH3 is 2. The van der Waals surface area contributed by atoms with E-state index in [1.807, 2.05) is 18.2 Å². The molecule has 0 radical (unpaired) electrons. The highest BCUT2D eigenvalue weighted by atomic mass is 16.5. The van der Waals surface area contributed by atoms with E-state index in [9.17, 15) is 4.79 Å². The van der Waals surface area contributed by atoms with Crippen LogP contribution in [0.3, 0.4) is 0 Å². The van der Waals surface area contributed by atoms with Crippen LogP contribution in [-0.4, -0.2) is 67.1 Å². The number of nitrogens with zero attached hydrogens (tertiary/aromatic N) is 7. The highest BCUT2D eigenvalue weighted by Gasteiger charge is 2.27. The molecule has 0 aromatic carbocycles. The maximum absolute atomic E-state index is 13.1. The van der Waals surface area contributed by atoms with Crippen LogP contribution in [0.4, 0.5) is 5.82 Å². The van der Waals surface area contributed by atoms with Crippen LogP contribution in [-0.2, 0) is 22.5 Å². The van der Waals surface area contributed by atoms with E-state index in [1.165, 1.54) is 6.33 Å². The molecule has 12 nitrogen and oxygen atoms in total. The number of anilines is 1. The number of carbonyl (C=O) groups is 1. The van der Waals surface area contributed by atoms with E-state index in [0.717, 1.165) is 54.9 Å². The highest BCUT2D eigenvalue weighted by Crippen LogP contribution is 2.32. The van der Waals surface area contributed by atoms with E-state index in [4.69, 9.17) is 15.2 Å². The Morgan fingerprint density at radius 3 is 2.81 bits per heavy atom. The lowest BCUT2D eigenvalue weighted by atomic mass is 9.85. The van der Waals surface area contributed by atoms with E-state index >= 15 is 0 Å². The van der Waals surface area contributed by atoms with Crippen LogP contribution in [0.25, 0.3) is 16.8 Å². The van der Waals surface area contributed by atoms with Gasteiger partial charge in [0, 0.05) is 43.4 Å². The van der Waals surface area contributed by atoms with Gasteiger partial charge < -0.3 is 25.1 Å². The second kappa shape index (κ2) is 10.9. The molecule has 4 aromatic rings. The second-order valence-corrected chi connectivity index (χ2v) is 9.22. The van der Waals surface area contributed by atoms with Crippen molar-refractivity contribution in [3.63, 3.8) is 0 Å². The Hall–Kier alpha value is -4.06. The van der Waals surface area contributed by atoms with Crippen LogP contribution in [0.1, 0.15) is 43.0 Å². The summed E-state index contributed by atoms with van der Waals surface area (Å²) in [7, 11) is 3.26. The number of nitrogens with one attached hydrogen (secondary N) is 1. The molecule has 1 aliphatic rings. The Kier molecular flexibility index (Phi) is 7.26. The van der Waals surface area contributed by atoms with Crippen molar-refractivity contribution >= 4 is 17.2 Å². The van der Waals surface area contributed by atoms with Gasteiger partial charge in [-0.2, -0.15) is 5.10 Å². The average molecular weight is 506 g/mol. The van der Waals surface area contributed by atoms with Crippen molar-refractivity contribution in [2.45, 2.75) is 50.6 Å².